The predicted molar refractivity (Wildman–Crippen MR) is 86.5 cm³/mol. The third kappa shape index (κ3) is 3.35. The van der Waals surface area contributed by atoms with Crippen molar-refractivity contribution in [3.63, 3.8) is 0 Å². The quantitative estimate of drug-likeness (QED) is 0.782. The molecule has 3 rings (SSSR count). The monoisotopic (exact) mass is 319 g/mol. The largest absolute Gasteiger partial charge is 0.491 e. The molecule has 1 saturated carbocycles. The van der Waals surface area contributed by atoms with Crippen LogP contribution in [-0.2, 0) is 16.1 Å². The maximum absolute atomic E-state index is 11.7. The highest BCUT2D eigenvalue weighted by Gasteiger charge is 2.54. The average molecular weight is 319 g/mol. The van der Waals surface area contributed by atoms with Gasteiger partial charge in [-0.15, -0.1) is 0 Å². The molecule has 1 N–H and O–H groups in total. The number of hydrogen-bond acceptors (Lipinski definition) is 4. The SMILES string of the molecule is COCCOc1cccc(CN2C[C@@H]3CCC[C@@]3(C(=O)O)C2)c1. The fourth-order valence-electron chi connectivity index (χ4n) is 4.10. The maximum Gasteiger partial charge on any atom is 0.311 e. The molecule has 0 bridgehead atoms. The van der Waals surface area contributed by atoms with E-state index in [4.69, 9.17) is 9.47 Å². The zero-order valence-corrected chi connectivity index (χ0v) is 13.7. The van der Waals surface area contributed by atoms with Gasteiger partial charge < -0.3 is 14.6 Å². The molecule has 1 saturated heterocycles. The van der Waals surface area contributed by atoms with Crippen LogP contribution in [0.1, 0.15) is 24.8 Å². The molecule has 0 spiro atoms. The highest BCUT2D eigenvalue weighted by molar-refractivity contribution is 5.76. The van der Waals surface area contributed by atoms with E-state index >= 15 is 0 Å². The number of methoxy groups -OCH3 is 1. The topological polar surface area (TPSA) is 59.0 Å². The second kappa shape index (κ2) is 6.89. The van der Waals surface area contributed by atoms with Gasteiger partial charge in [0.25, 0.3) is 0 Å². The molecule has 1 aliphatic heterocycles. The van der Waals surface area contributed by atoms with Gasteiger partial charge in [0.05, 0.1) is 12.0 Å². The summed E-state index contributed by atoms with van der Waals surface area (Å²) in [6, 6.07) is 8.04. The van der Waals surface area contributed by atoms with Gasteiger partial charge in [-0.2, -0.15) is 0 Å². The van der Waals surface area contributed by atoms with Crippen LogP contribution in [0.3, 0.4) is 0 Å². The number of ether oxygens (including phenoxy) is 2. The van der Waals surface area contributed by atoms with E-state index in [1.807, 2.05) is 18.2 Å². The van der Waals surface area contributed by atoms with E-state index in [9.17, 15) is 9.90 Å². The summed E-state index contributed by atoms with van der Waals surface area (Å²) in [7, 11) is 1.66. The minimum absolute atomic E-state index is 0.307. The van der Waals surface area contributed by atoms with E-state index in [1.54, 1.807) is 7.11 Å². The minimum atomic E-state index is -0.612. The van der Waals surface area contributed by atoms with Crippen LogP contribution < -0.4 is 4.74 Å². The van der Waals surface area contributed by atoms with Crippen molar-refractivity contribution in [3.05, 3.63) is 29.8 Å². The van der Waals surface area contributed by atoms with Crippen molar-refractivity contribution in [2.45, 2.75) is 25.8 Å². The summed E-state index contributed by atoms with van der Waals surface area (Å²) in [6.07, 6.45) is 2.92. The minimum Gasteiger partial charge on any atom is -0.491 e. The van der Waals surface area contributed by atoms with Crippen LogP contribution in [-0.4, -0.2) is 49.4 Å². The lowest BCUT2D eigenvalue weighted by molar-refractivity contribution is -0.149. The lowest BCUT2D eigenvalue weighted by Gasteiger charge is -2.23. The molecule has 1 heterocycles. The van der Waals surface area contributed by atoms with E-state index < -0.39 is 11.4 Å². The van der Waals surface area contributed by atoms with Crippen molar-refractivity contribution in [1.82, 2.24) is 4.90 Å². The van der Waals surface area contributed by atoms with Gasteiger partial charge in [0.2, 0.25) is 0 Å². The Morgan fingerprint density at radius 2 is 2.30 bits per heavy atom. The van der Waals surface area contributed by atoms with Crippen LogP contribution >= 0.6 is 0 Å². The number of hydrogen-bond donors (Lipinski definition) is 1. The molecule has 0 unspecified atom stereocenters. The second-order valence-corrected chi connectivity index (χ2v) is 6.71. The number of carboxylic acid groups (broad SMARTS) is 1. The Morgan fingerprint density at radius 3 is 3.04 bits per heavy atom. The number of carbonyl (C=O) groups is 1. The third-order valence-corrected chi connectivity index (χ3v) is 5.23. The fraction of sp³-hybridized carbons (Fsp3) is 0.611. The van der Waals surface area contributed by atoms with Crippen LogP contribution in [0.15, 0.2) is 24.3 Å². The number of benzene rings is 1. The van der Waals surface area contributed by atoms with Gasteiger partial charge in [-0.1, -0.05) is 18.6 Å². The third-order valence-electron chi connectivity index (χ3n) is 5.23. The Labute approximate surface area is 137 Å². The van der Waals surface area contributed by atoms with Gasteiger partial charge in [-0.25, -0.2) is 0 Å². The average Bonchev–Trinajstić information content (AvgIpc) is 3.06. The summed E-state index contributed by atoms with van der Waals surface area (Å²) in [4.78, 5) is 14.0. The zero-order chi connectivity index (χ0) is 16.3. The number of likely N-dealkylation sites (tertiary alicyclic amines) is 1. The first-order chi connectivity index (χ1) is 11.1. The molecule has 126 valence electrons. The first-order valence-corrected chi connectivity index (χ1v) is 8.30. The van der Waals surface area contributed by atoms with E-state index in [2.05, 4.69) is 11.0 Å². The summed E-state index contributed by atoms with van der Waals surface area (Å²) in [6.45, 7) is 3.45. The Hall–Kier alpha value is -1.59. The molecule has 0 amide bonds. The first kappa shape index (κ1) is 16.3. The van der Waals surface area contributed by atoms with Gasteiger partial charge in [-0.05, 0) is 36.5 Å². The molecule has 5 heteroatoms. The molecule has 2 atom stereocenters. The summed E-state index contributed by atoms with van der Waals surface area (Å²) in [5.74, 6) is 0.534. The Kier molecular flexibility index (Phi) is 4.87. The number of fused-ring (bicyclic) bond motifs is 1. The molecule has 1 aromatic rings. The van der Waals surface area contributed by atoms with Crippen LogP contribution in [0, 0.1) is 11.3 Å². The smallest absolute Gasteiger partial charge is 0.311 e. The highest BCUT2D eigenvalue weighted by atomic mass is 16.5. The summed E-state index contributed by atoms with van der Waals surface area (Å²) in [5, 5.41) is 9.66. The molecule has 1 aromatic carbocycles. The fourth-order valence-corrected chi connectivity index (χ4v) is 4.10. The molecule has 2 aliphatic rings. The van der Waals surface area contributed by atoms with Crippen molar-refractivity contribution < 1.29 is 19.4 Å². The molecule has 2 fully saturated rings. The van der Waals surface area contributed by atoms with E-state index in [0.29, 0.717) is 25.7 Å². The van der Waals surface area contributed by atoms with Crippen molar-refractivity contribution >= 4 is 5.97 Å². The maximum atomic E-state index is 11.7. The van der Waals surface area contributed by atoms with Crippen LogP contribution in [0.4, 0.5) is 0 Å². The summed E-state index contributed by atoms with van der Waals surface area (Å²) in [5.41, 5.74) is 0.660. The van der Waals surface area contributed by atoms with E-state index in [1.165, 1.54) is 5.56 Å². The standard InChI is InChI=1S/C18H25NO4/c1-22-8-9-23-16-6-2-4-14(10-16)11-19-12-15-5-3-7-18(15,13-19)17(20)21/h2,4,6,10,15H,3,5,7-9,11-13H2,1H3,(H,20,21)/t15-,18+/m0/s1. The number of rotatable bonds is 7. The van der Waals surface area contributed by atoms with Crippen molar-refractivity contribution in [2.24, 2.45) is 11.3 Å². The van der Waals surface area contributed by atoms with Crippen molar-refractivity contribution in [2.75, 3.05) is 33.4 Å². The zero-order valence-electron chi connectivity index (χ0n) is 13.7. The molecule has 5 nitrogen and oxygen atoms in total. The van der Waals surface area contributed by atoms with E-state index in [-0.39, 0.29) is 0 Å². The highest BCUT2D eigenvalue weighted by Crippen LogP contribution is 2.49. The molecule has 23 heavy (non-hydrogen) atoms. The Morgan fingerprint density at radius 1 is 1.43 bits per heavy atom. The van der Waals surface area contributed by atoms with Crippen molar-refractivity contribution in [3.8, 4) is 5.75 Å². The van der Waals surface area contributed by atoms with Gasteiger partial charge in [-0.3, -0.25) is 9.69 Å². The Balaban J connectivity index is 1.62. The molecular formula is C18H25NO4. The summed E-state index contributed by atoms with van der Waals surface area (Å²) < 4.78 is 10.6. The summed E-state index contributed by atoms with van der Waals surface area (Å²) >= 11 is 0. The van der Waals surface area contributed by atoms with Gasteiger partial charge in [0, 0.05) is 26.7 Å². The number of carboxylic acids is 1. The second-order valence-electron chi connectivity index (χ2n) is 6.71. The van der Waals surface area contributed by atoms with Gasteiger partial charge >= 0.3 is 5.97 Å². The number of aliphatic carboxylic acids is 1. The van der Waals surface area contributed by atoms with Crippen molar-refractivity contribution in [1.29, 1.82) is 0 Å². The lowest BCUT2D eigenvalue weighted by atomic mass is 9.81. The molecular weight excluding hydrogens is 294 g/mol. The molecule has 1 aliphatic carbocycles. The van der Waals surface area contributed by atoms with Crippen LogP contribution in [0.2, 0.25) is 0 Å². The Bertz CT molecular complexity index is 562. The van der Waals surface area contributed by atoms with Gasteiger partial charge in [0.1, 0.15) is 12.4 Å². The van der Waals surface area contributed by atoms with Crippen LogP contribution in [0.25, 0.3) is 0 Å². The number of nitrogens with zero attached hydrogens (tertiary/aromatic N) is 1. The first-order valence-electron chi connectivity index (χ1n) is 8.30. The lowest BCUT2D eigenvalue weighted by Crippen LogP contribution is -2.35. The van der Waals surface area contributed by atoms with Crippen LogP contribution in [0.5, 0.6) is 5.75 Å². The normalized spacial score (nSPS) is 27.1. The van der Waals surface area contributed by atoms with Gasteiger partial charge in [0.15, 0.2) is 0 Å². The molecule has 0 radical (unpaired) electrons. The predicted octanol–water partition coefficient (Wildman–Crippen LogP) is 2.40. The molecule has 0 aromatic heterocycles. The van der Waals surface area contributed by atoms with E-state index in [0.717, 1.165) is 38.1 Å².